The zero-order valence-corrected chi connectivity index (χ0v) is 13.9. The van der Waals surface area contributed by atoms with Gasteiger partial charge in [0.25, 0.3) is 0 Å². The van der Waals surface area contributed by atoms with Gasteiger partial charge in [-0.2, -0.15) is 4.98 Å². The Morgan fingerprint density at radius 1 is 1.41 bits per heavy atom. The highest BCUT2D eigenvalue weighted by Gasteiger charge is 2.47. The summed E-state index contributed by atoms with van der Waals surface area (Å²) < 4.78 is 14.1. The van der Waals surface area contributed by atoms with E-state index in [1.165, 1.54) is 0 Å². The van der Waals surface area contributed by atoms with E-state index in [1.54, 1.807) is 36.1 Å². The average Bonchev–Trinajstić information content (AvgIpc) is 2.86. The van der Waals surface area contributed by atoms with Gasteiger partial charge in [0.1, 0.15) is 0 Å². The van der Waals surface area contributed by atoms with Crippen LogP contribution < -0.4 is 0 Å². The number of imidazole rings is 1. The normalized spacial score (nSPS) is 17.8. The molecule has 0 saturated heterocycles. The Bertz CT molecular complexity index is 680. The molecule has 1 aliphatic carbocycles. The summed E-state index contributed by atoms with van der Waals surface area (Å²) in [6, 6.07) is 7.42. The molecule has 1 atom stereocenters. The number of Topliss-reactive ketones (excluding diaryl/α,β-unsaturated/α-hetero) is 1. The molecule has 1 aliphatic rings. The Kier molecular flexibility index (Phi) is 4.30. The lowest BCUT2D eigenvalue weighted by atomic mass is 9.62. The molecular formula is C16H17ClN2O2S. The molecule has 116 valence electrons. The highest BCUT2D eigenvalue weighted by Crippen LogP contribution is 2.45. The van der Waals surface area contributed by atoms with Gasteiger partial charge in [0.05, 0.1) is 11.6 Å². The van der Waals surface area contributed by atoms with Gasteiger partial charge in [0.15, 0.2) is 11.5 Å². The van der Waals surface area contributed by atoms with Crippen molar-refractivity contribution in [3.05, 3.63) is 47.2 Å². The van der Waals surface area contributed by atoms with E-state index in [2.05, 4.69) is 4.98 Å². The number of aryl methyl sites for hydroxylation is 1. The Balaban J connectivity index is 1.80. The van der Waals surface area contributed by atoms with E-state index in [1.807, 2.05) is 12.1 Å². The molecule has 1 saturated carbocycles. The minimum absolute atomic E-state index is 0.00742. The van der Waals surface area contributed by atoms with Crippen molar-refractivity contribution < 1.29 is 9.35 Å². The zero-order valence-electron chi connectivity index (χ0n) is 12.3. The summed E-state index contributed by atoms with van der Waals surface area (Å²) in [5.41, 5.74) is 0.482. The summed E-state index contributed by atoms with van der Waals surface area (Å²) in [4.78, 5) is 16.9. The maximum absolute atomic E-state index is 12.8. The molecule has 1 heterocycles. The fourth-order valence-electron chi connectivity index (χ4n) is 2.92. The van der Waals surface area contributed by atoms with Crippen molar-refractivity contribution in [2.45, 2.75) is 29.8 Å². The Morgan fingerprint density at radius 2 is 2.09 bits per heavy atom. The minimum atomic E-state index is -1.41. The van der Waals surface area contributed by atoms with Gasteiger partial charge in [0, 0.05) is 29.4 Å². The van der Waals surface area contributed by atoms with E-state index in [9.17, 15) is 9.35 Å². The first kappa shape index (κ1) is 15.6. The third-order valence-corrected chi connectivity index (χ3v) is 5.96. The van der Waals surface area contributed by atoms with E-state index < -0.39 is 16.6 Å². The fourth-order valence-corrected chi connectivity index (χ4v) is 4.25. The first-order valence-electron chi connectivity index (χ1n) is 7.18. The quantitative estimate of drug-likeness (QED) is 0.789. The van der Waals surface area contributed by atoms with Crippen molar-refractivity contribution in [2.24, 2.45) is 7.05 Å². The van der Waals surface area contributed by atoms with Crippen molar-refractivity contribution in [2.75, 3.05) is 5.75 Å². The van der Waals surface area contributed by atoms with Crippen molar-refractivity contribution in [1.82, 2.24) is 9.55 Å². The predicted molar refractivity (Wildman–Crippen MR) is 86.5 cm³/mol. The van der Waals surface area contributed by atoms with Crippen molar-refractivity contribution >= 4 is 28.6 Å². The summed E-state index contributed by atoms with van der Waals surface area (Å²) in [5.74, 6) is 0.0374. The largest absolute Gasteiger partial charge is 0.609 e. The van der Waals surface area contributed by atoms with Gasteiger partial charge in [-0.05, 0) is 30.5 Å². The molecule has 1 aromatic carbocycles. The lowest BCUT2D eigenvalue weighted by Gasteiger charge is -2.40. The first-order valence-corrected chi connectivity index (χ1v) is 8.88. The first-order chi connectivity index (χ1) is 10.5. The monoisotopic (exact) mass is 336 g/mol. The minimum Gasteiger partial charge on any atom is -0.609 e. The molecule has 22 heavy (non-hydrogen) atoms. The van der Waals surface area contributed by atoms with Crippen LogP contribution in [0.4, 0.5) is 0 Å². The summed E-state index contributed by atoms with van der Waals surface area (Å²) in [6.07, 6.45) is 5.96. The van der Waals surface area contributed by atoms with Gasteiger partial charge >= 0.3 is 5.16 Å². The van der Waals surface area contributed by atoms with Crippen LogP contribution in [-0.4, -0.2) is 25.6 Å². The molecule has 0 N–H and O–H groups in total. The lowest BCUT2D eigenvalue weighted by Crippen LogP contribution is -2.45. The second-order valence-electron chi connectivity index (χ2n) is 5.68. The number of carbonyl (C=O) groups is 1. The molecule has 1 aromatic heterocycles. The van der Waals surface area contributed by atoms with Crippen molar-refractivity contribution in [3.8, 4) is 0 Å². The second kappa shape index (κ2) is 6.07. The number of hydrogen-bond acceptors (Lipinski definition) is 3. The summed E-state index contributed by atoms with van der Waals surface area (Å²) in [6.45, 7) is 0. The summed E-state index contributed by atoms with van der Waals surface area (Å²) >= 11 is 4.52. The smallest absolute Gasteiger partial charge is 0.323 e. The summed E-state index contributed by atoms with van der Waals surface area (Å²) in [7, 11) is 1.78. The lowest BCUT2D eigenvalue weighted by molar-refractivity contribution is -0.125. The van der Waals surface area contributed by atoms with Crippen LogP contribution in [0.5, 0.6) is 0 Å². The van der Waals surface area contributed by atoms with Crippen LogP contribution in [0.3, 0.4) is 0 Å². The Morgan fingerprint density at radius 3 is 2.59 bits per heavy atom. The molecule has 1 unspecified atom stereocenters. The Hall–Kier alpha value is -1.30. The van der Waals surface area contributed by atoms with E-state index in [4.69, 9.17) is 11.6 Å². The fraction of sp³-hybridized carbons (Fsp3) is 0.375. The molecule has 6 heteroatoms. The second-order valence-corrected chi connectivity index (χ2v) is 7.46. The van der Waals surface area contributed by atoms with E-state index in [0.29, 0.717) is 10.2 Å². The number of nitrogens with zero attached hydrogens (tertiary/aromatic N) is 2. The summed E-state index contributed by atoms with van der Waals surface area (Å²) in [5, 5.41) is 1.10. The maximum Gasteiger partial charge on any atom is 0.323 e. The molecule has 0 spiro atoms. The van der Waals surface area contributed by atoms with Crippen LogP contribution in [0.2, 0.25) is 5.02 Å². The van der Waals surface area contributed by atoms with Crippen molar-refractivity contribution in [1.29, 1.82) is 0 Å². The van der Waals surface area contributed by atoms with Gasteiger partial charge in [0.2, 0.25) is 0 Å². The van der Waals surface area contributed by atoms with E-state index in [-0.39, 0.29) is 11.5 Å². The van der Waals surface area contributed by atoms with Gasteiger partial charge < -0.3 is 4.55 Å². The van der Waals surface area contributed by atoms with Crippen LogP contribution in [0, 0.1) is 0 Å². The molecule has 0 amide bonds. The molecule has 2 aromatic rings. The van der Waals surface area contributed by atoms with Gasteiger partial charge in [-0.3, -0.25) is 9.36 Å². The topological polar surface area (TPSA) is 57.9 Å². The van der Waals surface area contributed by atoms with Crippen LogP contribution in [0.1, 0.15) is 24.8 Å². The number of halogens is 1. The molecule has 0 aliphatic heterocycles. The zero-order chi connectivity index (χ0) is 15.7. The van der Waals surface area contributed by atoms with Crippen LogP contribution in [-0.2, 0) is 28.4 Å². The van der Waals surface area contributed by atoms with E-state index in [0.717, 1.165) is 24.8 Å². The van der Waals surface area contributed by atoms with Crippen molar-refractivity contribution in [3.63, 3.8) is 0 Å². The number of ketones is 1. The number of benzene rings is 1. The third-order valence-electron chi connectivity index (χ3n) is 4.38. The predicted octanol–water partition coefficient (Wildman–Crippen LogP) is 2.87. The average molecular weight is 337 g/mol. The molecule has 1 fully saturated rings. The van der Waals surface area contributed by atoms with E-state index >= 15 is 0 Å². The number of rotatable bonds is 5. The van der Waals surface area contributed by atoms with Crippen LogP contribution >= 0.6 is 11.6 Å². The molecule has 3 rings (SSSR count). The number of aromatic nitrogens is 2. The van der Waals surface area contributed by atoms with Gasteiger partial charge in [-0.1, -0.05) is 30.2 Å². The highest BCUT2D eigenvalue weighted by atomic mass is 35.5. The molecular weight excluding hydrogens is 320 g/mol. The SMILES string of the molecule is Cn1ccnc1[S+]([O-])CC(=O)C1(c2ccc(Cl)cc2)CCC1. The Labute approximate surface area is 137 Å². The number of carbonyl (C=O) groups excluding carboxylic acids is 1. The highest BCUT2D eigenvalue weighted by molar-refractivity contribution is 7.92. The van der Waals surface area contributed by atoms with Crippen LogP contribution in [0.15, 0.2) is 41.8 Å². The van der Waals surface area contributed by atoms with Gasteiger partial charge in [-0.15, -0.1) is 0 Å². The molecule has 0 bridgehead atoms. The maximum atomic E-state index is 12.8. The molecule has 4 nitrogen and oxygen atoms in total. The standard InChI is InChI=1S/C16H17ClN2O2S/c1-19-10-9-18-15(19)22(21)11-14(20)16(7-2-8-16)12-3-5-13(17)6-4-12/h3-6,9-10H,2,7-8,11H2,1H3. The molecule has 0 radical (unpaired) electrons. The van der Waals surface area contributed by atoms with Crippen LogP contribution in [0.25, 0.3) is 0 Å². The van der Waals surface area contributed by atoms with Gasteiger partial charge in [-0.25, -0.2) is 0 Å². The number of hydrogen-bond donors (Lipinski definition) is 0. The third kappa shape index (κ3) is 2.69.